The Hall–Kier alpha value is -7.52. The van der Waals surface area contributed by atoms with E-state index in [4.69, 9.17) is 26.5 Å². The van der Waals surface area contributed by atoms with Crippen molar-refractivity contribution in [2.45, 2.75) is 46.1 Å². The highest BCUT2D eigenvalue weighted by Gasteiger charge is 2.53. The van der Waals surface area contributed by atoms with Crippen LogP contribution in [0, 0.1) is 6.92 Å². The molecule has 0 radical (unpaired) electrons. The van der Waals surface area contributed by atoms with Gasteiger partial charge in [0.15, 0.2) is 17.2 Å². The highest BCUT2D eigenvalue weighted by atomic mass is 32.1. The lowest BCUT2D eigenvalue weighted by Gasteiger charge is -2.36. The average molecular weight is 842 g/mol. The van der Waals surface area contributed by atoms with E-state index in [1.54, 1.807) is 62.5 Å². The first kappa shape index (κ1) is 43.1. The van der Waals surface area contributed by atoms with Gasteiger partial charge in [-0.1, -0.05) is 54.7 Å². The van der Waals surface area contributed by atoms with Crippen LogP contribution in [-0.4, -0.2) is 63.4 Å². The number of thiocarbonyl (C=S) groups is 1. The molecule has 3 aliphatic heterocycles. The number of ether oxygens (including phenoxy) is 2. The molecule has 61 heavy (non-hydrogen) atoms. The molecule has 1 saturated heterocycles. The number of aryl methyl sites for hydroxylation is 1. The fraction of sp³-hybridized carbons (Fsp3) is 0.174. The van der Waals surface area contributed by atoms with Crippen LogP contribution in [0.5, 0.6) is 17.2 Å². The minimum atomic E-state index is -1.14. The molecule has 0 aliphatic carbocycles. The van der Waals surface area contributed by atoms with Crippen molar-refractivity contribution in [2.24, 2.45) is 0 Å². The van der Waals surface area contributed by atoms with Gasteiger partial charge in [0.25, 0.3) is 17.7 Å². The predicted molar refractivity (Wildman–Crippen MR) is 226 cm³/mol. The molecule has 5 aromatic rings. The zero-order valence-electron chi connectivity index (χ0n) is 33.6. The lowest BCUT2D eigenvalue weighted by atomic mass is 9.77. The maximum absolute atomic E-state index is 13.0. The lowest BCUT2D eigenvalue weighted by molar-refractivity contribution is -0.172. The first-order valence-corrected chi connectivity index (χ1v) is 19.2. The maximum Gasteiger partial charge on any atom is 0.363 e. The number of nitrogens with zero attached hydrogens (tertiary/aromatic N) is 1. The van der Waals surface area contributed by atoms with Gasteiger partial charge in [0, 0.05) is 65.0 Å². The number of phenols is 1. The number of hydrogen-bond acceptors (Lipinski definition) is 12. The Morgan fingerprint density at radius 2 is 1.23 bits per heavy atom. The van der Waals surface area contributed by atoms with Gasteiger partial charge >= 0.3 is 11.9 Å². The zero-order valence-corrected chi connectivity index (χ0v) is 34.4. The lowest BCUT2D eigenvalue weighted by Crippen LogP contribution is -2.33. The molecule has 5 aromatic carbocycles. The molecular weight excluding hydrogens is 803 g/mol. The summed E-state index contributed by atoms with van der Waals surface area (Å²) in [5.41, 5.74) is 5.04. The minimum absolute atomic E-state index is 0.00320. The van der Waals surface area contributed by atoms with Gasteiger partial charge in [-0.3, -0.25) is 24.0 Å². The van der Waals surface area contributed by atoms with E-state index in [0.717, 1.165) is 22.4 Å². The third-order valence-corrected chi connectivity index (χ3v) is 9.86. The second kappa shape index (κ2) is 17.8. The minimum Gasteiger partial charge on any atom is -0.508 e. The number of hydroxylamine groups is 2. The highest BCUT2D eigenvalue weighted by Crippen LogP contribution is 2.56. The monoisotopic (exact) mass is 841 g/mol. The van der Waals surface area contributed by atoms with Gasteiger partial charge in [0.05, 0.1) is 16.1 Å². The van der Waals surface area contributed by atoms with Crippen molar-refractivity contribution < 1.29 is 53.0 Å². The molecule has 3 heterocycles. The van der Waals surface area contributed by atoms with E-state index >= 15 is 0 Å². The number of esters is 1. The van der Waals surface area contributed by atoms with Gasteiger partial charge in [-0.2, -0.15) is 0 Å². The molecule has 0 aromatic heterocycles. The van der Waals surface area contributed by atoms with E-state index in [-0.39, 0.29) is 41.6 Å². The van der Waals surface area contributed by atoms with Crippen LogP contribution in [-0.2, 0) is 24.8 Å². The third kappa shape index (κ3) is 9.06. The number of phenolic OH excluding ortho intramolecular Hbond substituents is 1. The van der Waals surface area contributed by atoms with E-state index < -0.39 is 29.4 Å². The fourth-order valence-corrected chi connectivity index (χ4v) is 6.86. The Labute approximate surface area is 355 Å². The number of rotatable bonds is 6. The number of ketones is 2. The van der Waals surface area contributed by atoms with Crippen LogP contribution in [0.1, 0.15) is 108 Å². The van der Waals surface area contributed by atoms with Crippen molar-refractivity contribution in [1.82, 2.24) is 10.4 Å². The fourth-order valence-electron chi connectivity index (χ4n) is 6.74. The Balaban J connectivity index is 0.000000168. The summed E-state index contributed by atoms with van der Waals surface area (Å²) < 4.78 is 12.2. The molecule has 1 spiro atoms. The number of amides is 3. The average Bonchev–Trinajstić information content (AvgIpc) is 3.70. The molecule has 310 valence electrons. The summed E-state index contributed by atoms with van der Waals surface area (Å²) in [7, 11) is 1.57. The van der Waals surface area contributed by atoms with E-state index in [9.17, 15) is 38.7 Å². The third-order valence-electron chi connectivity index (χ3n) is 9.75. The van der Waals surface area contributed by atoms with Gasteiger partial charge in [-0.25, -0.2) is 9.59 Å². The topological polar surface area (TPSA) is 195 Å². The van der Waals surface area contributed by atoms with Crippen LogP contribution in [0.15, 0.2) is 103 Å². The van der Waals surface area contributed by atoms with Crippen molar-refractivity contribution in [3.8, 4) is 17.2 Å². The number of fused-ring (bicyclic) bond motifs is 6. The molecule has 0 bridgehead atoms. The zero-order chi connectivity index (χ0) is 44.2. The molecule has 3 aliphatic rings. The highest BCUT2D eigenvalue weighted by molar-refractivity contribution is 7.80. The number of imide groups is 1. The van der Waals surface area contributed by atoms with Crippen LogP contribution in [0.3, 0.4) is 0 Å². The summed E-state index contributed by atoms with van der Waals surface area (Å²) in [4.78, 5) is 85.6. The maximum atomic E-state index is 13.0. The largest absolute Gasteiger partial charge is 0.508 e. The van der Waals surface area contributed by atoms with Crippen molar-refractivity contribution in [1.29, 1.82) is 0 Å². The number of hydrogen-bond donors (Lipinski definition) is 3. The first-order valence-electron chi connectivity index (χ1n) is 18.8. The second-order valence-electron chi connectivity index (χ2n) is 14.1. The van der Waals surface area contributed by atoms with E-state index in [2.05, 4.69) is 10.6 Å². The van der Waals surface area contributed by atoms with Gasteiger partial charge in [-0.15, -0.1) is 5.06 Å². The summed E-state index contributed by atoms with van der Waals surface area (Å²) in [6.45, 7) is 6.65. The number of carbonyl (C=O) groups is 7. The Kier molecular flexibility index (Phi) is 12.5. The molecule has 14 nitrogen and oxygen atoms in total. The van der Waals surface area contributed by atoms with E-state index in [0.29, 0.717) is 49.4 Å². The van der Waals surface area contributed by atoms with Crippen LogP contribution in [0.4, 0.5) is 5.69 Å². The van der Waals surface area contributed by atoms with E-state index in [1.165, 1.54) is 38.1 Å². The molecular formula is C46H39N3O11S. The summed E-state index contributed by atoms with van der Waals surface area (Å²) in [6, 6.07) is 28.5. The number of Topliss-reactive ketones (excluding diaryl/α,β-unsaturated/α-hetero) is 2. The molecule has 1 fully saturated rings. The second-order valence-corrected chi connectivity index (χ2v) is 14.7. The summed E-state index contributed by atoms with van der Waals surface area (Å²) in [5, 5.41) is 16.0. The Morgan fingerprint density at radius 1 is 0.705 bits per heavy atom. The summed E-state index contributed by atoms with van der Waals surface area (Å²) in [6.07, 6.45) is 0.102. The van der Waals surface area contributed by atoms with Crippen LogP contribution in [0.2, 0.25) is 0 Å². The molecule has 1 unspecified atom stereocenters. The molecule has 15 heteroatoms. The number of nitrogens with one attached hydrogen (secondary N) is 2. The summed E-state index contributed by atoms with van der Waals surface area (Å²) >= 11 is 5.11. The van der Waals surface area contributed by atoms with E-state index in [1.807, 2.05) is 37.3 Å². The first-order chi connectivity index (χ1) is 29.0. The van der Waals surface area contributed by atoms with Crippen molar-refractivity contribution >= 4 is 64.1 Å². The van der Waals surface area contributed by atoms with Gasteiger partial charge < -0.3 is 30.1 Å². The predicted octanol–water partition coefficient (Wildman–Crippen LogP) is 7.39. The molecule has 8 rings (SSSR count). The number of benzene rings is 5. The van der Waals surface area contributed by atoms with Gasteiger partial charge in [0.1, 0.15) is 17.2 Å². The Bertz CT molecular complexity index is 2570. The Morgan fingerprint density at radius 3 is 1.79 bits per heavy atom. The quantitative estimate of drug-likeness (QED) is 0.0664. The normalized spacial score (nSPS) is 15.3. The SMILES string of the molecule is CC(=O)c1ccc(C(=O)ON2C(=O)CCC2=O)cc1.CC(=S)Nc1ccc2c(c1)C(=O)OC21c2ccc(C)cc2Oc2cc(O)ccc21.CNC(=O)c1ccc(C(C)=O)cc1. The van der Waals surface area contributed by atoms with Crippen LogP contribution >= 0.6 is 12.2 Å². The van der Waals surface area contributed by atoms with Crippen LogP contribution < -0.4 is 15.4 Å². The summed E-state index contributed by atoms with van der Waals surface area (Å²) in [5.74, 6) is -1.41. The molecule has 3 amide bonds. The van der Waals surface area contributed by atoms with Crippen molar-refractivity contribution in [3.05, 3.63) is 153 Å². The smallest absolute Gasteiger partial charge is 0.363 e. The number of carbonyl (C=O) groups excluding carboxylic acids is 7. The van der Waals surface area contributed by atoms with Gasteiger partial charge in [-0.05, 0) is 87.9 Å². The molecule has 0 saturated carbocycles. The van der Waals surface area contributed by atoms with Crippen molar-refractivity contribution in [3.63, 3.8) is 0 Å². The van der Waals surface area contributed by atoms with Crippen LogP contribution in [0.25, 0.3) is 0 Å². The number of aromatic hydroxyl groups is 1. The molecule has 1 atom stereocenters. The standard InChI is InChI=1S/C23H17NO4S.C13H11NO5.C10H11NO2/c1-12-3-6-18-20(9-12)27-21-11-15(25)5-8-19(21)23(18)17-7-4-14(24-13(2)29)10-16(17)22(26)28-23;1-8(15)9-2-4-10(5-3-9)13(18)19-14-11(16)6-7-12(14)17;1-7(12)8-3-5-9(6-4-8)10(13)11-2/h3-11,25H,1-2H3,(H,24,29);2-5H,6-7H2,1H3;3-6H,1-2H3,(H,11,13). The number of anilines is 1. The van der Waals surface area contributed by atoms with Crippen molar-refractivity contribution in [2.75, 3.05) is 12.4 Å². The molecule has 3 N–H and O–H groups in total. The van der Waals surface area contributed by atoms with Gasteiger partial charge in [0.2, 0.25) is 0 Å².